The summed E-state index contributed by atoms with van der Waals surface area (Å²) in [7, 11) is 0. The quantitative estimate of drug-likeness (QED) is 0.149. The van der Waals surface area contributed by atoms with Crippen LogP contribution in [0.25, 0.3) is 111 Å². The summed E-state index contributed by atoms with van der Waals surface area (Å²) in [6, 6.07) is 73.5. The Morgan fingerprint density at radius 3 is 1.19 bits per heavy atom. The number of pyridine rings is 4. The Hall–Kier alpha value is -8.60. The van der Waals surface area contributed by atoms with Crippen LogP contribution in [0.5, 0.6) is 0 Å². The Bertz CT molecular complexity index is 3920. The summed E-state index contributed by atoms with van der Waals surface area (Å²) in [6.45, 7) is 6.51. The van der Waals surface area contributed by atoms with Gasteiger partial charge in [0.25, 0.3) is 0 Å². The number of benzene rings is 8. The number of hydrogen-bond donors (Lipinski definition) is 0. The fourth-order valence-corrected chi connectivity index (χ4v) is 11.5. The molecule has 0 atom stereocenters. The summed E-state index contributed by atoms with van der Waals surface area (Å²) in [6.07, 6.45) is 10.5. The predicted molar refractivity (Wildman–Crippen MR) is 307 cm³/mol. The molecule has 4 heterocycles. The zero-order valence-electron chi connectivity index (χ0n) is 41.7. The van der Waals surface area contributed by atoms with Gasteiger partial charge in [-0.2, -0.15) is 0 Å². The van der Waals surface area contributed by atoms with Gasteiger partial charge in [-0.05, 0) is 125 Å². The van der Waals surface area contributed by atoms with Crippen molar-refractivity contribution in [3.63, 3.8) is 0 Å². The lowest BCUT2D eigenvalue weighted by molar-refractivity contribution is 0.443. The lowest BCUT2D eigenvalue weighted by Crippen LogP contribution is -2.04. The van der Waals surface area contributed by atoms with Crippen LogP contribution in [0.15, 0.2) is 219 Å². The fraction of sp³-hybridized carbons (Fsp3) is 0.130. The van der Waals surface area contributed by atoms with Crippen molar-refractivity contribution in [1.29, 1.82) is 0 Å². The molecule has 0 N–H and O–H groups in total. The van der Waals surface area contributed by atoms with Gasteiger partial charge in [0, 0.05) is 45.1 Å². The van der Waals surface area contributed by atoms with Crippen LogP contribution in [-0.2, 0) is 0 Å². The molecular weight excluding hydrogens is 885 g/mol. The molecule has 1 fully saturated rings. The molecule has 4 nitrogen and oxygen atoms in total. The SMILES string of the molecule is Cc1cc(C)c(-c2cc(-c3ccccc3)c3ccc4c(-c5ccccc5)ccnc4c3n2)c(C)c1.c1ccc(-c2ccnc3c2ccc2c(-c4ccccc4)cc(-c4ccc(C5CCCCC5)cc4)nc23)cc1. The van der Waals surface area contributed by atoms with Crippen LogP contribution in [0.1, 0.15) is 60.3 Å². The topological polar surface area (TPSA) is 51.6 Å². The first-order valence-corrected chi connectivity index (χ1v) is 25.8. The summed E-state index contributed by atoms with van der Waals surface area (Å²) >= 11 is 0. The van der Waals surface area contributed by atoms with Gasteiger partial charge in [0.2, 0.25) is 0 Å². The Morgan fingerprint density at radius 1 is 0.342 bits per heavy atom. The first-order valence-electron chi connectivity index (χ1n) is 25.8. The number of aromatic nitrogens is 4. The molecule has 0 aliphatic heterocycles. The summed E-state index contributed by atoms with van der Waals surface area (Å²) < 4.78 is 0. The van der Waals surface area contributed by atoms with Crippen molar-refractivity contribution in [1.82, 2.24) is 19.9 Å². The lowest BCUT2D eigenvalue weighted by Gasteiger charge is -2.22. The van der Waals surface area contributed by atoms with E-state index >= 15 is 0 Å². The van der Waals surface area contributed by atoms with E-state index in [0.29, 0.717) is 5.92 Å². The smallest absolute Gasteiger partial charge is 0.0978 e. The summed E-state index contributed by atoms with van der Waals surface area (Å²) in [5.74, 6) is 0.701. The van der Waals surface area contributed by atoms with E-state index in [4.69, 9.17) is 19.9 Å². The second-order valence-electron chi connectivity index (χ2n) is 19.7. The third-order valence-electron chi connectivity index (χ3n) is 14.9. The molecule has 0 radical (unpaired) electrons. The van der Waals surface area contributed by atoms with E-state index in [1.807, 2.05) is 12.4 Å². The second kappa shape index (κ2) is 19.9. The first kappa shape index (κ1) is 45.5. The third-order valence-corrected chi connectivity index (χ3v) is 14.9. The van der Waals surface area contributed by atoms with Crippen LogP contribution in [0, 0.1) is 20.8 Å². The summed E-state index contributed by atoms with van der Waals surface area (Å²) in [5.41, 5.74) is 22.8. The second-order valence-corrected chi connectivity index (χ2v) is 19.7. The lowest BCUT2D eigenvalue weighted by atomic mass is 9.84. The van der Waals surface area contributed by atoms with Gasteiger partial charge in [0.15, 0.2) is 0 Å². The average molecular weight is 941 g/mol. The Morgan fingerprint density at radius 2 is 0.740 bits per heavy atom. The molecular formula is C69H56N4. The number of nitrogens with zero attached hydrogens (tertiary/aromatic N) is 4. The highest BCUT2D eigenvalue weighted by Gasteiger charge is 2.20. The van der Waals surface area contributed by atoms with Crippen LogP contribution in [0.3, 0.4) is 0 Å². The van der Waals surface area contributed by atoms with Crippen molar-refractivity contribution < 1.29 is 0 Å². The minimum absolute atomic E-state index is 0.701. The molecule has 8 aromatic carbocycles. The molecule has 73 heavy (non-hydrogen) atoms. The molecule has 1 aliphatic carbocycles. The molecule has 4 heteroatoms. The van der Waals surface area contributed by atoms with Crippen molar-refractivity contribution in [2.24, 2.45) is 0 Å². The third kappa shape index (κ3) is 8.95. The van der Waals surface area contributed by atoms with Crippen LogP contribution >= 0.6 is 0 Å². The zero-order valence-corrected chi connectivity index (χ0v) is 41.7. The highest BCUT2D eigenvalue weighted by atomic mass is 14.8. The van der Waals surface area contributed by atoms with Gasteiger partial charge in [0.05, 0.1) is 33.5 Å². The maximum atomic E-state index is 5.28. The number of hydrogen-bond acceptors (Lipinski definition) is 4. The maximum absolute atomic E-state index is 5.28. The maximum Gasteiger partial charge on any atom is 0.0978 e. The van der Waals surface area contributed by atoms with Crippen molar-refractivity contribution in [2.45, 2.75) is 58.8 Å². The van der Waals surface area contributed by atoms with Crippen molar-refractivity contribution >= 4 is 43.6 Å². The van der Waals surface area contributed by atoms with E-state index in [2.05, 4.69) is 227 Å². The Labute approximate surface area is 428 Å². The average Bonchev–Trinajstić information content (AvgIpc) is 3.45. The van der Waals surface area contributed by atoms with E-state index < -0.39 is 0 Å². The molecule has 1 aliphatic rings. The molecule has 0 bridgehead atoms. The van der Waals surface area contributed by atoms with Crippen molar-refractivity contribution in [3.8, 4) is 67.0 Å². The van der Waals surface area contributed by atoms with Crippen molar-refractivity contribution in [2.75, 3.05) is 0 Å². The van der Waals surface area contributed by atoms with Crippen LogP contribution in [-0.4, -0.2) is 19.9 Å². The highest BCUT2D eigenvalue weighted by molar-refractivity contribution is 6.14. The largest absolute Gasteiger partial charge is 0.254 e. The van der Waals surface area contributed by atoms with E-state index in [0.717, 1.165) is 60.6 Å². The van der Waals surface area contributed by atoms with Gasteiger partial charge in [0.1, 0.15) is 0 Å². The van der Waals surface area contributed by atoms with Gasteiger partial charge in [-0.15, -0.1) is 0 Å². The predicted octanol–water partition coefficient (Wildman–Crippen LogP) is 18.5. The summed E-state index contributed by atoms with van der Waals surface area (Å²) in [5, 5.41) is 4.49. The molecule has 1 saturated carbocycles. The van der Waals surface area contributed by atoms with Gasteiger partial charge >= 0.3 is 0 Å². The number of rotatable bonds is 7. The highest BCUT2D eigenvalue weighted by Crippen LogP contribution is 2.41. The van der Waals surface area contributed by atoms with E-state index in [1.54, 1.807) is 0 Å². The molecule has 12 aromatic rings. The molecule has 0 spiro atoms. The fourth-order valence-electron chi connectivity index (χ4n) is 11.5. The molecule has 0 unspecified atom stereocenters. The van der Waals surface area contributed by atoms with Crippen LogP contribution in [0.2, 0.25) is 0 Å². The van der Waals surface area contributed by atoms with E-state index in [1.165, 1.54) is 104 Å². The van der Waals surface area contributed by atoms with E-state index in [9.17, 15) is 0 Å². The van der Waals surface area contributed by atoms with Gasteiger partial charge in [-0.3, -0.25) is 9.97 Å². The van der Waals surface area contributed by atoms with Gasteiger partial charge < -0.3 is 0 Å². The standard InChI is InChI=1S/C36H30N2.C33H26N2/c1-4-10-25(11-5-1)26-16-18-29(19-17-26)34-24-33(28-14-8-3-9-15-28)32-21-20-31-30(27-12-6-2-7-13-27)22-23-37-35(31)36(32)38-34;1-21-18-22(2)31(23(3)19-21)30-20-29(25-12-8-5-9-13-25)28-15-14-27-26(24-10-6-4-7-11-24)16-17-34-32(27)33(28)35-30/h2-3,6-9,12-25H,1,4-5,10-11H2;4-20H,1-3H3. The van der Waals surface area contributed by atoms with Gasteiger partial charge in [-0.1, -0.05) is 207 Å². The number of aryl methyl sites for hydroxylation is 3. The Balaban J connectivity index is 0.000000149. The van der Waals surface area contributed by atoms with Crippen molar-refractivity contribution in [3.05, 3.63) is 241 Å². The van der Waals surface area contributed by atoms with Gasteiger partial charge in [-0.25, -0.2) is 9.97 Å². The molecule has 0 saturated heterocycles. The monoisotopic (exact) mass is 940 g/mol. The molecule has 352 valence electrons. The van der Waals surface area contributed by atoms with Crippen LogP contribution < -0.4 is 0 Å². The molecule has 0 amide bonds. The summed E-state index contributed by atoms with van der Waals surface area (Å²) in [4.78, 5) is 20.3. The molecule has 13 rings (SSSR count). The Kier molecular flexibility index (Phi) is 12.4. The normalized spacial score (nSPS) is 12.8. The van der Waals surface area contributed by atoms with Crippen LogP contribution in [0.4, 0.5) is 0 Å². The zero-order chi connectivity index (χ0) is 49.3. The number of fused-ring (bicyclic) bond motifs is 6. The van der Waals surface area contributed by atoms with E-state index in [-0.39, 0.29) is 0 Å². The molecule has 4 aromatic heterocycles. The minimum atomic E-state index is 0.701. The minimum Gasteiger partial charge on any atom is -0.254 e. The first-order chi connectivity index (χ1) is 35.9.